The molecule has 0 saturated heterocycles. The molecule has 106 valence electrons. The Balaban J connectivity index is 1.74. The van der Waals surface area contributed by atoms with Gasteiger partial charge in [0.2, 0.25) is 0 Å². The molecular weight excluding hydrogens is 274 g/mol. The van der Waals surface area contributed by atoms with Crippen molar-refractivity contribution in [2.75, 3.05) is 0 Å². The maximum absolute atomic E-state index is 11.9. The van der Waals surface area contributed by atoms with E-state index in [1.165, 1.54) is 6.08 Å². The van der Waals surface area contributed by atoms with Crippen molar-refractivity contribution >= 4 is 11.9 Å². The molecule has 3 aromatic rings. The van der Waals surface area contributed by atoms with Crippen LogP contribution in [0.2, 0.25) is 0 Å². The molecule has 0 amide bonds. The van der Waals surface area contributed by atoms with Gasteiger partial charge in [-0.2, -0.15) is 0 Å². The highest BCUT2D eigenvalue weighted by Crippen LogP contribution is 2.13. The summed E-state index contributed by atoms with van der Waals surface area (Å²) in [7, 11) is 0. The van der Waals surface area contributed by atoms with Crippen LogP contribution in [0.15, 0.2) is 73.3 Å². The lowest BCUT2D eigenvalue weighted by molar-refractivity contribution is 0.104. The van der Waals surface area contributed by atoms with Crippen LogP contribution >= 0.6 is 0 Å². The van der Waals surface area contributed by atoms with Gasteiger partial charge in [0, 0.05) is 41.5 Å². The molecule has 2 heterocycles. The van der Waals surface area contributed by atoms with Gasteiger partial charge in [-0.1, -0.05) is 30.3 Å². The van der Waals surface area contributed by atoms with E-state index in [9.17, 15) is 4.79 Å². The lowest BCUT2D eigenvalue weighted by Gasteiger charge is -1.99. The van der Waals surface area contributed by atoms with Gasteiger partial charge in [-0.15, -0.1) is 0 Å². The molecule has 0 spiro atoms. The molecular formula is C18H13N3O. The van der Waals surface area contributed by atoms with Crippen LogP contribution in [0.4, 0.5) is 0 Å². The predicted molar refractivity (Wildman–Crippen MR) is 85.1 cm³/mol. The molecule has 0 aliphatic carbocycles. The lowest BCUT2D eigenvalue weighted by Crippen LogP contribution is -1.94. The van der Waals surface area contributed by atoms with Crippen molar-refractivity contribution in [1.82, 2.24) is 15.0 Å². The van der Waals surface area contributed by atoms with Gasteiger partial charge in [0.1, 0.15) is 0 Å². The number of hydrogen-bond donors (Lipinski definition) is 0. The van der Waals surface area contributed by atoms with Crippen LogP contribution in [-0.2, 0) is 0 Å². The molecule has 4 nitrogen and oxygen atoms in total. The molecule has 0 bridgehead atoms. The van der Waals surface area contributed by atoms with Crippen LogP contribution in [0.3, 0.4) is 0 Å². The van der Waals surface area contributed by atoms with Crippen LogP contribution in [0, 0.1) is 0 Å². The first-order chi connectivity index (χ1) is 10.8. The minimum atomic E-state index is -0.0970. The number of hydrogen-bond acceptors (Lipinski definition) is 4. The number of nitrogens with zero attached hydrogens (tertiary/aromatic N) is 3. The van der Waals surface area contributed by atoms with Crippen molar-refractivity contribution in [3.63, 3.8) is 0 Å². The van der Waals surface area contributed by atoms with E-state index in [1.807, 2.05) is 30.3 Å². The number of aromatic nitrogens is 3. The van der Waals surface area contributed by atoms with Crippen molar-refractivity contribution in [3.05, 3.63) is 84.5 Å². The van der Waals surface area contributed by atoms with Crippen LogP contribution < -0.4 is 0 Å². The number of rotatable bonds is 4. The first-order valence-corrected chi connectivity index (χ1v) is 6.83. The van der Waals surface area contributed by atoms with Gasteiger partial charge < -0.3 is 0 Å². The van der Waals surface area contributed by atoms with Gasteiger partial charge in [0.05, 0.1) is 0 Å². The zero-order valence-electron chi connectivity index (χ0n) is 11.8. The molecule has 1 aromatic carbocycles. The van der Waals surface area contributed by atoms with Gasteiger partial charge >= 0.3 is 0 Å². The summed E-state index contributed by atoms with van der Waals surface area (Å²) in [5.74, 6) is 0.566. The summed E-state index contributed by atoms with van der Waals surface area (Å²) in [5.41, 5.74) is 2.29. The average molecular weight is 287 g/mol. The van der Waals surface area contributed by atoms with Crippen LogP contribution in [0.5, 0.6) is 0 Å². The molecule has 0 unspecified atom stereocenters. The molecule has 0 aliphatic heterocycles. The van der Waals surface area contributed by atoms with Crippen LogP contribution in [0.25, 0.3) is 17.5 Å². The minimum Gasteiger partial charge on any atom is -0.289 e. The van der Waals surface area contributed by atoms with E-state index in [4.69, 9.17) is 0 Å². The second-order valence-corrected chi connectivity index (χ2v) is 4.65. The van der Waals surface area contributed by atoms with Crippen LogP contribution in [-0.4, -0.2) is 20.7 Å². The number of carbonyl (C=O) groups excluding carboxylic acids is 1. The molecule has 3 rings (SSSR count). The summed E-state index contributed by atoms with van der Waals surface area (Å²) >= 11 is 0. The maximum Gasteiger partial charge on any atom is 0.187 e. The first-order valence-electron chi connectivity index (χ1n) is 6.83. The normalized spacial score (nSPS) is 10.7. The lowest BCUT2D eigenvalue weighted by atomic mass is 10.1. The van der Waals surface area contributed by atoms with Crippen molar-refractivity contribution in [2.45, 2.75) is 0 Å². The maximum atomic E-state index is 11.9. The van der Waals surface area contributed by atoms with E-state index in [0.717, 1.165) is 11.1 Å². The second-order valence-electron chi connectivity index (χ2n) is 4.65. The first kappa shape index (κ1) is 13.8. The van der Waals surface area contributed by atoms with Gasteiger partial charge in [-0.25, -0.2) is 9.97 Å². The van der Waals surface area contributed by atoms with Gasteiger partial charge in [0.25, 0.3) is 0 Å². The van der Waals surface area contributed by atoms with E-state index < -0.39 is 0 Å². The molecule has 4 heteroatoms. The van der Waals surface area contributed by atoms with E-state index >= 15 is 0 Å². The highest BCUT2D eigenvalue weighted by Gasteiger charge is 2.02. The molecule has 22 heavy (non-hydrogen) atoms. The second kappa shape index (κ2) is 6.54. The Morgan fingerprint density at radius 3 is 2.36 bits per heavy atom. The third kappa shape index (κ3) is 3.30. The summed E-state index contributed by atoms with van der Waals surface area (Å²) in [6.07, 6.45) is 9.77. The number of pyridine rings is 1. The van der Waals surface area contributed by atoms with Gasteiger partial charge in [0.15, 0.2) is 11.6 Å². The van der Waals surface area contributed by atoms with Crippen molar-refractivity contribution < 1.29 is 4.79 Å². The zero-order valence-corrected chi connectivity index (χ0v) is 11.8. The van der Waals surface area contributed by atoms with Gasteiger partial charge in [-0.05, 0) is 24.3 Å². The van der Waals surface area contributed by atoms with Crippen molar-refractivity contribution in [2.24, 2.45) is 0 Å². The standard InChI is InChI=1S/C18H13N3O/c22-17(16-7-4-10-19-13-16)9-8-14-11-20-18(21-12-14)15-5-2-1-3-6-15/h1-13H/b9-8-. The van der Waals surface area contributed by atoms with E-state index in [-0.39, 0.29) is 5.78 Å². The number of carbonyl (C=O) groups is 1. The van der Waals surface area contributed by atoms with E-state index in [1.54, 1.807) is 43.0 Å². The summed E-state index contributed by atoms with van der Waals surface area (Å²) in [6, 6.07) is 13.2. The molecule has 0 N–H and O–H groups in total. The average Bonchev–Trinajstić information content (AvgIpc) is 2.61. The Morgan fingerprint density at radius 2 is 1.68 bits per heavy atom. The van der Waals surface area contributed by atoms with E-state index in [0.29, 0.717) is 11.4 Å². The fraction of sp³-hybridized carbons (Fsp3) is 0. The molecule has 0 radical (unpaired) electrons. The van der Waals surface area contributed by atoms with Crippen molar-refractivity contribution in [1.29, 1.82) is 0 Å². The van der Waals surface area contributed by atoms with Crippen LogP contribution in [0.1, 0.15) is 15.9 Å². The molecule has 0 atom stereocenters. The Morgan fingerprint density at radius 1 is 0.909 bits per heavy atom. The van der Waals surface area contributed by atoms with Gasteiger partial charge in [-0.3, -0.25) is 9.78 Å². The van der Waals surface area contributed by atoms with E-state index in [2.05, 4.69) is 15.0 Å². The number of ketones is 1. The van der Waals surface area contributed by atoms with Crippen molar-refractivity contribution in [3.8, 4) is 11.4 Å². The molecule has 2 aromatic heterocycles. The molecule has 0 aliphatic rings. The molecule has 0 fully saturated rings. The highest BCUT2D eigenvalue weighted by atomic mass is 16.1. The Labute approximate surface area is 128 Å². The summed E-state index contributed by atoms with van der Waals surface area (Å²) in [5, 5.41) is 0. The summed E-state index contributed by atoms with van der Waals surface area (Å²) in [4.78, 5) is 24.5. The zero-order chi connectivity index (χ0) is 15.2. The molecule has 0 saturated carbocycles. The number of benzene rings is 1. The quantitative estimate of drug-likeness (QED) is 0.545. The third-order valence-corrected chi connectivity index (χ3v) is 3.08. The Kier molecular flexibility index (Phi) is 4.11. The Hall–Kier alpha value is -3.14. The third-order valence-electron chi connectivity index (χ3n) is 3.08. The fourth-order valence-electron chi connectivity index (χ4n) is 1.94. The minimum absolute atomic E-state index is 0.0970. The predicted octanol–water partition coefficient (Wildman–Crippen LogP) is 3.43. The number of allylic oxidation sites excluding steroid dienone is 1. The fourth-order valence-corrected chi connectivity index (χ4v) is 1.94. The monoisotopic (exact) mass is 287 g/mol. The highest BCUT2D eigenvalue weighted by molar-refractivity contribution is 6.06. The summed E-state index contributed by atoms with van der Waals surface area (Å²) < 4.78 is 0. The topological polar surface area (TPSA) is 55.7 Å². The SMILES string of the molecule is O=C(/C=C\c1cnc(-c2ccccc2)nc1)c1cccnc1. The Bertz CT molecular complexity index is 782. The smallest absolute Gasteiger partial charge is 0.187 e. The summed E-state index contributed by atoms with van der Waals surface area (Å²) in [6.45, 7) is 0. The largest absolute Gasteiger partial charge is 0.289 e.